The molecule has 0 N–H and O–H groups in total. The first-order valence-electron chi connectivity index (χ1n) is 9.31. The van der Waals surface area contributed by atoms with E-state index in [1.807, 2.05) is 0 Å². The number of carbonyl (C=O) groups excluding carboxylic acids is 1. The van der Waals surface area contributed by atoms with Crippen LogP contribution in [0.15, 0.2) is 36.7 Å². The van der Waals surface area contributed by atoms with E-state index < -0.39 is 10.2 Å². The molecule has 2 aliphatic heterocycles. The van der Waals surface area contributed by atoms with Crippen molar-refractivity contribution in [1.29, 1.82) is 0 Å². The minimum Gasteiger partial charge on any atom is -0.336 e. The zero-order valence-electron chi connectivity index (χ0n) is 15.4. The van der Waals surface area contributed by atoms with Gasteiger partial charge in [-0.3, -0.25) is 4.79 Å². The second kappa shape index (κ2) is 7.82. The van der Waals surface area contributed by atoms with Crippen LogP contribution < -0.4 is 0 Å². The Morgan fingerprint density at radius 2 is 1.68 bits per heavy atom. The van der Waals surface area contributed by atoms with Crippen LogP contribution in [0.5, 0.6) is 0 Å². The predicted molar refractivity (Wildman–Crippen MR) is 106 cm³/mol. The van der Waals surface area contributed by atoms with E-state index in [4.69, 9.17) is 11.6 Å². The molecular weight excluding hydrogens is 402 g/mol. The molecule has 2 aromatic rings. The van der Waals surface area contributed by atoms with Gasteiger partial charge in [-0.2, -0.15) is 22.1 Å². The van der Waals surface area contributed by atoms with Crippen molar-refractivity contribution in [3.63, 3.8) is 0 Å². The molecule has 28 heavy (non-hydrogen) atoms. The Labute approximate surface area is 169 Å². The molecular formula is C18H22ClN5O3S. The lowest BCUT2D eigenvalue weighted by molar-refractivity contribution is 0.0694. The maximum Gasteiger partial charge on any atom is 0.282 e. The largest absolute Gasteiger partial charge is 0.336 e. The number of piperazine rings is 1. The molecule has 0 aliphatic carbocycles. The fourth-order valence-corrected chi connectivity index (χ4v) is 5.48. The van der Waals surface area contributed by atoms with Crippen molar-refractivity contribution in [2.45, 2.75) is 12.8 Å². The van der Waals surface area contributed by atoms with E-state index in [0.29, 0.717) is 49.9 Å². The van der Waals surface area contributed by atoms with Crippen LogP contribution in [0.1, 0.15) is 23.2 Å². The van der Waals surface area contributed by atoms with E-state index >= 15 is 0 Å². The molecule has 4 rings (SSSR count). The lowest BCUT2D eigenvalue weighted by Crippen LogP contribution is -2.53. The second-order valence-electron chi connectivity index (χ2n) is 6.92. The van der Waals surface area contributed by atoms with Gasteiger partial charge in [0, 0.05) is 51.7 Å². The third-order valence-corrected chi connectivity index (χ3v) is 7.56. The average molecular weight is 424 g/mol. The summed E-state index contributed by atoms with van der Waals surface area (Å²) in [6, 6.07) is 6.99. The maximum atomic E-state index is 13.0. The van der Waals surface area contributed by atoms with Crippen molar-refractivity contribution in [3.05, 3.63) is 47.2 Å². The number of rotatable bonds is 4. The average Bonchev–Trinajstić information content (AvgIpc) is 3.42. The summed E-state index contributed by atoms with van der Waals surface area (Å²) in [7, 11) is -3.43. The van der Waals surface area contributed by atoms with Gasteiger partial charge >= 0.3 is 0 Å². The second-order valence-corrected chi connectivity index (χ2v) is 9.26. The molecule has 1 amide bonds. The lowest BCUT2D eigenvalue weighted by Gasteiger charge is -2.36. The first kappa shape index (κ1) is 19.4. The molecule has 10 heteroatoms. The van der Waals surface area contributed by atoms with Crippen molar-refractivity contribution >= 4 is 27.7 Å². The molecule has 3 heterocycles. The Kier molecular flexibility index (Phi) is 5.42. The number of nitrogens with zero attached hydrogens (tertiary/aromatic N) is 5. The summed E-state index contributed by atoms with van der Waals surface area (Å²) in [5, 5.41) is 4.54. The van der Waals surface area contributed by atoms with Crippen molar-refractivity contribution in [1.82, 2.24) is 23.3 Å². The van der Waals surface area contributed by atoms with Gasteiger partial charge in [-0.1, -0.05) is 11.6 Å². The van der Waals surface area contributed by atoms with Crippen LogP contribution in [0.2, 0.25) is 5.02 Å². The van der Waals surface area contributed by atoms with Crippen LogP contribution in [0, 0.1) is 0 Å². The molecule has 0 atom stereocenters. The van der Waals surface area contributed by atoms with Crippen LogP contribution >= 0.6 is 11.6 Å². The fraction of sp³-hybridized carbons (Fsp3) is 0.444. The molecule has 0 spiro atoms. The van der Waals surface area contributed by atoms with Gasteiger partial charge in [0.25, 0.3) is 16.1 Å². The third kappa shape index (κ3) is 3.67. The Morgan fingerprint density at radius 3 is 2.32 bits per heavy atom. The SMILES string of the molecule is O=C(c1cc(-n2cccn2)ccc1Cl)N1CCN(S(=O)(=O)N2CCCC2)CC1. The number of carbonyl (C=O) groups is 1. The number of benzene rings is 1. The zero-order valence-corrected chi connectivity index (χ0v) is 16.9. The summed E-state index contributed by atoms with van der Waals surface area (Å²) in [5.41, 5.74) is 1.14. The van der Waals surface area contributed by atoms with Crippen LogP contribution in [0.3, 0.4) is 0 Å². The smallest absolute Gasteiger partial charge is 0.282 e. The summed E-state index contributed by atoms with van der Waals surface area (Å²) >= 11 is 6.27. The molecule has 8 nitrogen and oxygen atoms in total. The highest BCUT2D eigenvalue weighted by atomic mass is 35.5. The zero-order chi connectivity index (χ0) is 19.7. The van der Waals surface area contributed by atoms with Gasteiger partial charge < -0.3 is 4.90 Å². The van der Waals surface area contributed by atoms with E-state index in [1.165, 1.54) is 8.61 Å². The summed E-state index contributed by atoms with van der Waals surface area (Å²) < 4.78 is 30.0. The quantitative estimate of drug-likeness (QED) is 0.748. The molecule has 2 fully saturated rings. The predicted octanol–water partition coefficient (Wildman–Crippen LogP) is 1.62. The van der Waals surface area contributed by atoms with E-state index in [-0.39, 0.29) is 5.91 Å². The highest BCUT2D eigenvalue weighted by Crippen LogP contribution is 2.23. The topological polar surface area (TPSA) is 78.8 Å². The molecule has 0 radical (unpaired) electrons. The number of aromatic nitrogens is 2. The number of halogens is 1. The molecule has 2 saturated heterocycles. The van der Waals surface area contributed by atoms with Gasteiger partial charge in [-0.05, 0) is 37.1 Å². The van der Waals surface area contributed by atoms with Gasteiger partial charge in [0.05, 0.1) is 16.3 Å². The molecule has 1 aromatic heterocycles. The first-order chi connectivity index (χ1) is 13.5. The maximum absolute atomic E-state index is 13.0. The molecule has 0 unspecified atom stereocenters. The Morgan fingerprint density at radius 1 is 1.00 bits per heavy atom. The highest BCUT2D eigenvalue weighted by Gasteiger charge is 2.35. The van der Waals surface area contributed by atoms with Crippen LogP contribution in [0.25, 0.3) is 5.69 Å². The molecule has 0 bridgehead atoms. The summed E-state index contributed by atoms with van der Waals surface area (Å²) in [6.45, 7) is 2.43. The van der Waals surface area contributed by atoms with E-state index in [0.717, 1.165) is 18.5 Å². The molecule has 1 aromatic carbocycles. The third-order valence-electron chi connectivity index (χ3n) is 5.19. The van der Waals surface area contributed by atoms with E-state index in [9.17, 15) is 13.2 Å². The van der Waals surface area contributed by atoms with Crippen LogP contribution in [0.4, 0.5) is 0 Å². The minimum absolute atomic E-state index is 0.197. The summed E-state index contributed by atoms with van der Waals surface area (Å²) in [6.07, 6.45) is 5.27. The molecule has 0 saturated carbocycles. The first-order valence-corrected chi connectivity index (χ1v) is 11.1. The highest BCUT2D eigenvalue weighted by molar-refractivity contribution is 7.86. The monoisotopic (exact) mass is 423 g/mol. The number of hydrogen-bond acceptors (Lipinski definition) is 4. The normalized spacial score (nSPS) is 19.2. The van der Waals surface area contributed by atoms with Gasteiger partial charge in [-0.15, -0.1) is 0 Å². The van der Waals surface area contributed by atoms with Gasteiger partial charge in [-0.25, -0.2) is 4.68 Å². The standard InChI is InChI=1S/C18H22ClN5O3S/c19-17-5-4-15(24-9-3-6-20-24)14-16(17)18(25)21-10-12-23(13-11-21)28(26,27)22-7-1-2-8-22/h3-6,9,14H,1-2,7-8,10-13H2. The van der Waals surface area contributed by atoms with Crippen molar-refractivity contribution in [2.75, 3.05) is 39.3 Å². The van der Waals surface area contributed by atoms with Gasteiger partial charge in [0.15, 0.2) is 0 Å². The van der Waals surface area contributed by atoms with E-state index in [2.05, 4.69) is 5.10 Å². The fourth-order valence-electron chi connectivity index (χ4n) is 3.62. The minimum atomic E-state index is -3.43. The summed E-state index contributed by atoms with van der Waals surface area (Å²) in [5.74, 6) is -0.197. The molecule has 2 aliphatic rings. The Bertz CT molecular complexity index is 950. The van der Waals surface area contributed by atoms with Crippen molar-refractivity contribution in [3.8, 4) is 5.69 Å². The Hall–Kier alpha value is -1.94. The lowest BCUT2D eigenvalue weighted by atomic mass is 10.1. The number of amides is 1. The number of hydrogen-bond donors (Lipinski definition) is 0. The Balaban J connectivity index is 1.46. The van der Waals surface area contributed by atoms with Crippen LogP contribution in [-0.4, -0.2) is 76.9 Å². The van der Waals surface area contributed by atoms with Gasteiger partial charge in [0.2, 0.25) is 0 Å². The van der Waals surface area contributed by atoms with Crippen LogP contribution in [-0.2, 0) is 10.2 Å². The van der Waals surface area contributed by atoms with E-state index in [1.54, 1.807) is 46.2 Å². The summed E-state index contributed by atoms with van der Waals surface area (Å²) in [4.78, 5) is 14.6. The van der Waals surface area contributed by atoms with Crippen molar-refractivity contribution in [2.24, 2.45) is 0 Å². The molecule has 150 valence electrons. The van der Waals surface area contributed by atoms with Gasteiger partial charge in [0.1, 0.15) is 0 Å². The van der Waals surface area contributed by atoms with Crippen molar-refractivity contribution < 1.29 is 13.2 Å².